The third kappa shape index (κ3) is 11.9. The molecule has 0 aliphatic heterocycles. The molecule has 0 saturated carbocycles. The van der Waals surface area contributed by atoms with Crippen molar-refractivity contribution in [3.8, 4) is 0 Å². The Labute approximate surface area is 123 Å². The topological polar surface area (TPSA) is 54.0 Å². The lowest BCUT2D eigenvalue weighted by atomic mass is 10.1. The van der Waals surface area contributed by atoms with Crippen molar-refractivity contribution >= 4 is 7.82 Å². The van der Waals surface area contributed by atoms with Gasteiger partial charge in [0.25, 0.3) is 0 Å². The van der Waals surface area contributed by atoms with Gasteiger partial charge in [0.15, 0.2) is 0 Å². The highest BCUT2D eigenvalue weighted by molar-refractivity contribution is 7.48. The van der Waals surface area contributed by atoms with E-state index in [4.69, 9.17) is 9.26 Å². The molecule has 0 spiro atoms. The fourth-order valence-corrected chi connectivity index (χ4v) is 2.49. The number of phosphoric ester groups is 1. The summed E-state index contributed by atoms with van der Waals surface area (Å²) in [6.07, 6.45) is 9.68. The second-order valence-corrected chi connectivity index (χ2v) is 6.62. The molecule has 20 heavy (non-hydrogen) atoms. The Kier molecular flexibility index (Phi) is 14.1. The van der Waals surface area contributed by atoms with Crippen molar-refractivity contribution in [2.24, 2.45) is 0 Å². The van der Waals surface area contributed by atoms with E-state index in [9.17, 15) is 4.57 Å². The fourth-order valence-electron chi connectivity index (χ4n) is 1.78. The molecule has 0 bridgehead atoms. The van der Waals surface area contributed by atoms with Crippen LogP contribution in [0.3, 0.4) is 0 Å². The predicted octanol–water partition coefficient (Wildman–Crippen LogP) is 4.56. The zero-order chi connectivity index (χ0) is 15.1. The average Bonchev–Trinajstić information content (AvgIpc) is 2.48. The molecule has 5 nitrogen and oxygen atoms in total. The van der Waals surface area contributed by atoms with Crippen LogP contribution < -0.4 is 0 Å². The molecule has 0 aliphatic rings. The first-order chi connectivity index (χ1) is 9.68. The van der Waals surface area contributed by atoms with Gasteiger partial charge in [-0.1, -0.05) is 45.4 Å². The highest BCUT2D eigenvalue weighted by Gasteiger charge is 2.21. The van der Waals surface area contributed by atoms with Crippen molar-refractivity contribution in [1.82, 2.24) is 0 Å². The summed E-state index contributed by atoms with van der Waals surface area (Å²) in [4.78, 5) is 0. The first kappa shape index (κ1) is 20.1. The van der Waals surface area contributed by atoms with Gasteiger partial charge < -0.3 is 4.74 Å². The van der Waals surface area contributed by atoms with E-state index in [1.807, 2.05) is 0 Å². The normalized spacial score (nSPS) is 11.9. The van der Waals surface area contributed by atoms with Crippen LogP contribution in [-0.4, -0.2) is 34.0 Å². The quantitative estimate of drug-likeness (QED) is 0.328. The smallest absolute Gasteiger partial charge is 0.381 e. The predicted molar refractivity (Wildman–Crippen MR) is 81.0 cm³/mol. The van der Waals surface area contributed by atoms with Gasteiger partial charge in [-0.3, -0.25) is 13.6 Å². The van der Waals surface area contributed by atoms with Gasteiger partial charge in [0, 0.05) is 27.4 Å². The van der Waals surface area contributed by atoms with Crippen LogP contribution in [0.25, 0.3) is 0 Å². The van der Waals surface area contributed by atoms with Gasteiger partial charge in [0.05, 0.1) is 6.61 Å². The van der Waals surface area contributed by atoms with E-state index in [0.29, 0.717) is 19.6 Å². The number of phosphoric acid groups is 1. The summed E-state index contributed by atoms with van der Waals surface area (Å²) in [5.41, 5.74) is 0. The van der Waals surface area contributed by atoms with E-state index in [1.54, 1.807) is 0 Å². The maximum atomic E-state index is 11.5. The van der Waals surface area contributed by atoms with E-state index in [1.165, 1.54) is 52.7 Å². The van der Waals surface area contributed by atoms with Gasteiger partial charge in [0.1, 0.15) is 0 Å². The van der Waals surface area contributed by atoms with Crippen molar-refractivity contribution in [2.45, 2.75) is 58.3 Å². The van der Waals surface area contributed by atoms with E-state index < -0.39 is 7.82 Å². The number of unbranched alkanes of at least 4 members (excludes halogenated alkanes) is 6. The molecule has 6 heteroatoms. The SMILES string of the molecule is CCCCCCCCCOCCCOP(=O)(OC)OC. The van der Waals surface area contributed by atoms with Crippen LogP contribution in [0.5, 0.6) is 0 Å². The highest BCUT2D eigenvalue weighted by Crippen LogP contribution is 2.47. The van der Waals surface area contributed by atoms with Crippen molar-refractivity contribution in [3.05, 3.63) is 0 Å². The second-order valence-electron chi connectivity index (χ2n) is 4.73. The third-order valence-corrected chi connectivity index (χ3v) is 4.42. The molecule has 122 valence electrons. The lowest BCUT2D eigenvalue weighted by molar-refractivity contribution is 0.101. The van der Waals surface area contributed by atoms with Crippen LogP contribution in [0.1, 0.15) is 58.3 Å². The molecule has 0 rings (SSSR count). The Morgan fingerprint density at radius 3 is 1.90 bits per heavy atom. The fraction of sp³-hybridized carbons (Fsp3) is 1.00. The largest absolute Gasteiger partial charge is 0.474 e. The Bertz CT molecular complexity index is 240. The summed E-state index contributed by atoms with van der Waals surface area (Å²) in [5.74, 6) is 0. The van der Waals surface area contributed by atoms with E-state index in [-0.39, 0.29) is 0 Å². The Morgan fingerprint density at radius 2 is 1.30 bits per heavy atom. The molecule has 0 aromatic rings. The van der Waals surface area contributed by atoms with Crippen molar-refractivity contribution in [1.29, 1.82) is 0 Å². The third-order valence-electron chi connectivity index (χ3n) is 3.02. The lowest BCUT2D eigenvalue weighted by Gasteiger charge is -2.12. The lowest BCUT2D eigenvalue weighted by Crippen LogP contribution is -2.02. The molecule has 0 heterocycles. The Hall–Kier alpha value is 0.0700. The first-order valence-electron chi connectivity index (χ1n) is 7.62. The zero-order valence-corrected chi connectivity index (χ0v) is 14.2. The van der Waals surface area contributed by atoms with Crippen LogP contribution in [0.2, 0.25) is 0 Å². The number of ether oxygens (including phenoxy) is 1. The number of hydrogen-bond acceptors (Lipinski definition) is 5. The molecule has 0 aromatic heterocycles. The molecule has 0 unspecified atom stereocenters. The molecule has 0 fully saturated rings. The van der Waals surface area contributed by atoms with Crippen LogP contribution in [0.4, 0.5) is 0 Å². The van der Waals surface area contributed by atoms with Crippen LogP contribution in [0.15, 0.2) is 0 Å². The van der Waals surface area contributed by atoms with Crippen molar-refractivity contribution < 1.29 is 22.9 Å². The first-order valence-corrected chi connectivity index (χ1v) is 9.08. The van der Waals surface area contributed by atoms with Gasteiger partial charge in [-0.05, 0) is 12.8 Å². The van der Waals surface area contributed by atoms with E-state index >= 15 is 0 Å². The maximum absolute atomic E-state index is 11.5. The summed E-state index contributed by atoms with van der Waals surface area (Å²) in [5, 5.41) is 0. The minimum Gasteiger partial charge on any atom is -0.381 e. The average molecular weight is 310 g/mol. The highest BCUT2D eigenvalue weighted by atomic mass is 31.2. The van der Waals surface area contributed by atoms with Gasteiger partial charge in [-0.25, -0.2) is 4.57 Å². The monoisotopic (exact) mass is 310 g/mol. The minimum atomic E-state index is -3.32. The summed E-state index contributed by atoms with van der Waals surface area (Å²) in [7, 11) is -0.703. The molecule has 0 radical (unpaired) electrons. The second kappa shape index (κ2) is 14.0. The molecular formula is C14H31O5P. The van der Waals surface area contributed by atoms with Crippen LogP contribution in [0, 0.1) is 0 Å². The zero-order valence-electron chi connectivity index (χ0n) is 13.3. The number of rotatable bonds is 15. The minimum absolute atomic E-state index is 0.315. The summed E-state index contributed by atoms with van der Waals surface area (Å²) in [6, 6.07) is 0. The molecule has 0 atom stereocenters. The Morgan fingerprint density at radius 1 is 0.750 bits per heavy atom. The van der Waals surface area contributed by atoms with E-state index in [0.717, 1.165) is 13.0 Å². The summed E-state index contributed by atoms with van der Waals surface area (Å²) in [6.45, 7) is 3.95. The molecule has 0 N–H and O–H groups in total. The molecular weight excluding hydrogens is 279 g/mol. The van der Waals surface area contributed by atoms with E-state index in [2.05, 4.69) is 16.0 Å². The molecule has 0 saturated heterocycles. The molecule has 0 aromatic carbocycles. The molecule has 0 amide bonds. The summed E-state index contributed by atoms with van der Waals surface area (Å²) < 4.78 is 31.4. The van der Waals surface area contributed by atoms with Crippen LogP contribution in [-0.2, 0) is 22.9 Å². The Balaban J connectivity index is 3.19. The van der Waals surface area contributed by atoms with Gasteiger partial charge in [-0.15, -0.1) is 0 Å². The maximum Gasteiger partial charge on any atom is 0.474 e. The van der Waals surface area contributed by atoms with Gasteiger partial charge >= 0.3 is 7.82 Å². The number of hydrogen-bond donors (Lipinski definition) is 0. The van der Waals surface area contributed by atoms with Gasteiger partial charge in [0.2, 0.25) is 0 Å². The summed E-state index contributed by atoms with van der Waals surface area (Å²) >= 11 is 0. The molecule has 0 aliphatic carbocycles. The van der Waals surface area contributed by atoms with Crippen molar-refractivity contribution in [3.63, 3.8) is 0 Å². The van der Waals surface area contributed by atoms with Gasteiger partial charge in [-0.2, -0.15) is 0 Å². The van der Waals surface area contributed by atoms with Crippen LogP contribution >= 0.6 is 7.82 Å². The van der Waals surface area contributed by atoms with Crippen molar-refractivity contribution in [2.75, 3.05) is 34.0 Å². The standard InChI is InChI=1S/C14H31O5P/c1-4-5-6-7-8-9-10-12-18-13-11-14-19-20(15,16-2)17-3/h4-14H2,1-3H3.